The third-order valence-corrected chi connectivity index (χ3v) is 4.09. The normalized spacial score (nSPS) is 14.8. The zero-order valence-corrected chi connectivity index (χ0v) is 12.0. The van der Waals surface area contributed by atoms with Crippen molar-refractivity contribution in [1.29, 1.82) is 0 Å². The first kappa shape index (κ1) is 13.9. The summed E-state index contributed by atoms with van der Waals surface area (Å²) in [4.78, 5) is 25.1. The number of rotatable bonds is 4. The van der Waals surface area contributed by atoms with Crippen LogP contribution in [0.5, 0.6) is 0 Å². The van der Waals surface area contributed by atoms with Crippen molar-refractivity contribution in [3.63, 3.8) is 0 Å². The minimum atomic E-state index is -0.0397. The molecule has 1 saturated heterocycles. The Kier molecular flexibility index (Phi) is 4.47. The quantitative estimate of drug-likeness (QED) is 0.921. The van der Waals surface area contributed by atoms with Crippen molar-refractivity contribution in [2.75, 3.05) is 24.2 Å². The van der Waals surface area contributed by atoms with Crippen LogP contribution in [0.15, 0.2) is 18.2 Å². The molecule has 1 aromatic carbocycles. The van der Waals surface area contributed by atoms with Crippen molar-refractivity contribution in [3.05, 3.63) is 29.3 Å². The molecule has 1 aliphatic rings. The summed E-state index contributed by atoms with van der Waals surface area (Å²) >= 11 is 1.32. The number of benzene rings is 1. The van der Waals surface area contributed by atoms with E-state index in [1.807, 2.05) is 32.0 Å². The molecule has 1 aliphatic heterocycles. The maximum atomic E-state index is 11.9. The van der Waals surface area contributed by atoms with Gasteiger partial charge in [-0.1, -0.05) is 30.0 Å². The Morgan fingerprint density at radius 1 is 1.37 bits per heavy atom. The number of para-hydroxylation sites is 1. The number of carbonyl (C=O) groups excluding carboxylic acids is 2. The van der Waals surface area contributed by atoms with Gasteiger partial charge < -0.3 is 10.2 Å². The van der Waals surface area contributed by atoms with E-state index >= 15 is 0 Å². The van der Waals surface area contributed by atoms with E-state index in [0.29, 0.717) is 13.0 Å². The third-order valence-electron chi connectivity index (χ3n) is 3.20. The van der Waals surface area contributed by atoms with E-state index in [4.69, 9.17) is 0 Å². The van der Waals surface area contributed by atoms with Crippen LogP contribution in [0.1, 0.15) is 17.5 Å². The summed E-state index contributed by atoms with van der Waals surface area (Å²) in [7, 11) is 0. The number of hydrogen-bond donors (Lipinski definition) is 1. The molecule has 0 spiro atoms. The number of amides is 2. The highest BCUT2D eigenvalue weighted by atomic mass is 32.2. The predicted octanol–water partition coefficient (Wildman–Crippen LogP) is 2.80. The molecule has 1 N–H and O–H groups in total. The van der Waals surface area contributed by atoms with E-state index in [1.165, 1.54) is 11.8 Å². The average Bonchev–Trinajstić information content (AvgIpc) is 2.77. The summed E-state index contributed by atoms with van der Waals surface area (Å²) in [6, 6.07) is 5.92. The standard InChI is InChI=1S/C14H18N2O2S/c1-10-4-3-5-11(2)13(10)15-12(17)6-7-16-8-9-19-14(16)18/h3-5H,6-9H2,1-2H3,(H,15,17). The van der Waals surface area contributed by atoms with Crippen molar-refractivity contribution in [2.24, 2.45) is 0 Å². The second-order valence-corrected chi connectivity index (χ2v) is 5.71. The van der Waals surface area contributed by atoms with Gasteiger partial charge in [-0.05, 0) is 25.0 Å². The lowest BCUT2D eigenvalue weighted by Crippen LogP contribution is -2.28. The van der Waals surface area contributed by atoms with Crippen molar-refractivity contribution in [3.8, 4) is 0 Å². The van der Waals surface area contributed by atoms with E-state index < -0.39 is 0 Å². The van der Waals surface area contributed by atoms with Gasteiger partial charge in [-0.25, -0.2) is 0 Å². The van der Waals surface area contributed by atoms with Crippen molar-refractivity contribution in [1.82, 2.24) is 4.90 Å². The molecule has 0 aromatic heterocycles. The number of carbonyl (C=O) groups is 2. The zero-order valence-electron chi connectivity index (χ0n) is 11.2. The van der Waals surface area contributed by atoms with Crippen LogP contribution in [-0.4, -0.2) is 34.9 Å². The van der Waals surface area contributed by atoms with Crippen molar-refractivity contribution < 1.29 is 9.59 Å². The Balaban J connectivity index is 1.89. The minimum absolute atomic E-state index is 0.0397. The summed E-state index contributed by atoms with van der Waals surface area (Å²) in [5.41, 5.74) is 3.00. The summed E-state index contributed by atoms with van der Waals surface area (Å²) in [6.07, 6.45) is 0.347. The SMILES string of the molecule is Cc1cccc(C)c1NC(=O)CCN1CCSC1=O. The summed E-state index contributed by atoms with van der Waals surface area (Å²) in [5.74, 6) is 0.791. The van der Waals surface area contributed by atoms with Crippen LogP contribution in [0, 0.1) is 13.8 Å². The first-order chi connectivity index (χ1) is 9.08. The molecule has 2 rings (SSSR count). The molecule has 102 valence electrons. The fourth-order valence-corrected chi connectivity index (χ4v) is 2.93. The Labute approximate surface area is 117 Å². The summed E-state index contributed by atoms with van der Waals surface area (Å²) < 4.78 is 0. The number of nitrogens with zero attached hydrogens (tertiary/aromatic N) is 1. The molecule has 0 unspecified atom stereocenters. The lowest BCUT2D eigenvalue weighted by Gasteiger charge is -2.15. The van der Waals surface area contributed by atoms with Crippen LogP contribution in [0.25, 0.3) is 0 Å². The van der Waals surface area contributed by atoms with E-state index in [2.05, 4.69) is 5.32 Å². The van der Waals surface area contributed by atoms with Crippen LogP contribution in [0.4, 0.5) is 10.5 Å². The van der Waals surface area contributed by atoms with Gasteiger partial charge in [0, 0.05) is 31.0 Å². The van der Waals surface area contributed by atoms with Gasteiger partial charge >= 0.3 is 0 Å². The largest absolute Gasteiger partial charge is 0.332 e. The maximum absolute atomic E-state index is 11.9. The van der Waals surface area contributed by atoms with E-state index in [0.717, 1.165) is 29.1 Å². The number of anilines is 1. The van der Waals surface area contributed by atoms with Crippen LogP contribution in [-0.2, 0) is 4.79 Å². The molecular formula is C14H18N2O2S. The number of thioether (sulfide) groups is 1. The summed E-state index contributed by atoms with van der Waals surface area (Å²) in [6.45, 7) is 5.20. The molecule has 0 saturated carbocycles. The maximum Gasteiger partial charge on any atom is 0.281 e. The Morgan fingerprint density at radius 2 is 2.05 bits per heavy atom. The topological polar surface area (TPSA) is 49.4 Å². The first-order valence-electron chi connectivity index (χ1n) is 6.35. The monoisotopic (exact) mass is 278 g/mol. The molecule has 1 aromatic rings. The molecule has 0 atom stereocenters. The number of hydrogen-bond acceptors (Lipinski definition) is 3. The second-order valence-electron chi connectivity index (χ2n) is 4.67. The zero-order chi connectivity index (χ0) is 13.8. The molecule has 0 radical (unpaired) electrons. The molecule has 0 bridgehead atoms. The first-order valence-corrected chi connectivity index (χ1v) is 7.34. The lowest BCUT2D eigenvalue weighted by atomic mass is 10.1. The van der Waals surface area contributed by atoms with Crippen LogP contribution in [0.3, 0.4) is 0 Å². The van der Waals surface area contributed by atoms with Gasteiger partial charge in [-0.3, -0.25) is 9.59 Å². The Bertz CT molecular complexity index is 482. The van der Waals surface area contributed by atoms with Crippen molar-refractivity contribution in [2.45, 2.75) is 20.3 Å². The number of aryl methyl sites for hydroxylation is 2. The number of nitrogens with one attached hydrogen (secondary N) is 1. The van der Waals surface area contributed by atoms with Crippen molar-refractivity contribution >= 4 is 28.6 Å². The van der Waals surface area contributed by atoms with Crippen LogP contribution >= 0.6 is 11.8 Å². The third kappa shape index (κ3) is 3.50. The molecule has 2 amide bonds. The highest BCUT2D eigenvalue weighted by molar-refractivity contribution is 8.13. The second kappa shape index (κ2) is 6.10. The van der Waals surface area contributed by atoms with Gasteiger partial charge in [-0.2, -0.15) is 0 Å². The highest BCUT2D eigenvalue weighted by Gasteiger charge is 2.21. The minimum Gasteiger partial charge on any atom is -0.332 e. The Morgan fingerprint density at radius 3 is 2.63 bits per heavy atom. The predicted molar refractivity (Wildman–Crippen MR) is 78.6 cm³/mol. The molecule has 0 aliphatic carbocycles. The van der Waals surface area contributed by atoms with E-state index in [9.17, 15) is 9.59 Å². The molecule has 1 fully saturated rings. The van der Waals surface area contributed by atoms with Gasteiger partial charge in [-0.15, -0.1) is 0 Å². The lowest BCUT2D eigenvalue weighted by molar-refractivity contribution is -0.116. The fraction of sp³-hybridized carbons (Fsp3) is 0.429. The molecule has 4 nitrogen and oxygen atoms in total. The molecule has 1 heterocycles. The molecule has 19 heavy (non-hydrogen) atoms. The highest BCUT2D eigenvalue weighted by Crippen LogP contribution is 2.20. The Hall–Kier alpha value is -1.49. The molecule has 5 heteroatoms. The fourth-order valence-electron chi connectivity index (χ4n) is 2.08. The van der Waals surface area contributed by atoms with Gasteiger partial charge in [0.1, 0.15) is 0 Å². The van der Waals surface area contributed by atoms with E-state index in [1.54, 1.807) is 4.90 Å². The molecular weight excluding hydrogens is 260 g/mol. The summed E-state index contributed by atoms with van der Waals surface area (Å²) in [5, 5.41) is 3.02. The average molecular weight is 278 g/mol. The van der Waals surface area contributed by atoms with Crippen LogP contribution < -0.4 is 5.32 Å². The smallest absolute Gasteiger partial charge is 0.281 e. The van der Waals surface area contributed by atoms with Gasteiger partial charge in [0.05, 0.1) is 0 Å². The van der Waals surface area contributed by atoms with Gasteiger partial charge in [0.25, 0.3) is 5.24 Å². The van der Waals surface area contributed by atoms with Gasteiger partial charge in [0.2, 0.25) is 5.91 Å². The van der Waals surface area contributed by atoms with E-state index in [-0.39, 0.29) is 11.1 Å². The van der Waals surface area contributed by atoms with Gasteiger partial charge in [0.15, 0.2) is 0 Å². The van der Waals surface area contributed by atoms with Crippen LogP contribution in [0.2, 0.25) is 0 Å².